The molecule has 1 unspecified atom stereocenters. The Hall–Kier alpha value is -2.41. The van der Waals surface area contributed by atoms with Crippen molar-refractivity contribution in [3.63, 3.8) is 0 Å². The molecule has 2 aromatic carbocycles. The lowest BCUT2D eigenvalue weighted by atomic mass is 10.1. The van der Waals surface area contributed by atoms with Gasteiger partial charge in [0, 0.05) is 0 Å². The van der Waals surface area contributed by atoms with Crippen LogP contribution in [0.5, 0.6) is 0 Å². The van der Waals surface area contributed by atoms with E-state index in [0.717, 1.165) is 11.1 Å². The Kier molecular flexibility index (Phi) is 6.03. The van der Waals surface area contributed by atoms with E-state index in [-0.39, 0.29) is 13.0 Å². The molecule has 3 rings (SSSR count). The van der Waals surface area contributed by atoms with Crippen molar-refractivity contribution in [1.29, 1.82) is 0 Å². The second-order valence-corrected chi connectivity index (χ2v) is 7.31. The third kappa shape index (κ3) is 4.70. The standard InChI is InChI=1S/C21H21ClO6/c1-13-7-3-5-9-15(13)19(23)26-12-18-17(11-21(22,25)28-18)27-20(24)16-10-6-4-8-14(16)2/h3-10,17-18,25H,11-12H2,1-2H3/t17-,18+,21?/m1/s1. The highest BCUT2D eigenvalue weighted by Gasteiger charge is 2.47. The highest BCUT2D eigenvalue weighted by molar-refractivity contribution is 6.21. The predicted molar refractivity (Wildman–Crippen MR) is 102 cm³/mol. The van der Waals surface area contributed by atoms with Crippen LogP contribution in [0.25, 0.3) is 0 Å². The minimum atomic E-state index is -1.99. The summed E-state index contributed by atoms with van der Waals surface area (Å²) in [4.78, 5) is 24.8. The number of esters is 2. The van der Waals surface area contributed by atoms with Crippen LogP contribution in [-0.2, 0) is 14.2 Å². The molecule has 148 valence electrons. The average molecular weight is 405 g/mol. The van der Waals surface area contributed by atoms with Gasteiger partial charge in [0.25, 0.3) is 0 Å². The van der Waals surface area contributed by atoms with Crippen LogP contribution in [0.2, 0.25) is 0 Å². The number of hydrogen-bond donors (Lipinski definition) is 1. The first-order valence-electron chi connectivity index (χ1n) is 8.85. The van der Waals surface area contributed by atoms with E-state index >= 15 is 0 Å². The minimum absolute atomic E-state index is 0.140. The van der Waals surface area contributed by atoms with E-state index in [1.54, 1.807) is 50.2 Å². The highest BCUT2D eigenvalue weighted by atomic mass is 35.5. The van der Waals surface area contributed by atoms with Gasteiger partial charge in [0.15, 0.2) is 0 Å². The van der Waals surface area contributed by atoms with E-state index in [0.29, 0.717) is 11.1 Å². The summed E-state index contributed by atoms with van der Waals surface area (Å²) in [6.07, 6.45) is -1.89. The lowest BCUT2D eigenvalue weighted by molar-refractivity contribution is -0.140. The van der Waals surface area contributed by atoms with Crippen molar-refractivity contribution in [1.82, 2.24) is 0 Å². The fourth-order valence-corrected chi connectivity index (χ4v) is 3.30. The van der Waals surface area contributed by atoms with E-state index in [9.17, 15) is 14.7 Å². The van der Waals surface area contributed by atoms with Gasteiger partial charge in [0.1, 0.15) is 18.8 Å². The van der Waals surface area contributed by atoms with Gasteiger partial charge in [-0.15, -0.1) is 0 Å². The molecule has 0 saturated carbocycles. The largest absolute Gasteiger partial charge is 0.459 e. The topological polar surface area (TPSA) is 82.1 Å². The van der Waals surface area contributed by atoms with Crippen molar-refractivity contribution in [2.75, 3.05) is 6.61 Å². The van der Waals surface area contributed by atoms with Gasteiger partial charge in [0.2, 0.25) is 5.25 Å². The second-order valence-electron chi connectivity index (χ2n) is 6.72. The van der Waals surface area contributed by atoms with Gasteiger partial charge < -0.3 is 19.3 Å². The summed E-state index contributed by atoms with van der Waals surface area (Å²) in [5, 5.41) is 8.02. The summed E-state index contributed by atoms with van der Waals surface area (Å²) >= 11 is 5.88. The SMILES string of the molecule is Cc1ccccc1C(=O)OC[C@@H]1OC(O)(Cl)C[C@H]1OC(=O)c1ccccc1C. The van der Waals surface area contributed by atoms with Crippen molar-refractivity contribution >= 4 is 23.5 Å². The molecular weight excluding hydrogens is 384 g/mol. The first kappa shape index (κ1) is 20.3. The molecule has 1 saturated heterocycles. The van der Waals surface area contributed by atoms with Crippen LogP contribution in [0.1, 0.15) is 38.3 Å². The van der Waals surface area contributed by atoms with Crippen molar-refractivity contribution < 1.29 is 28.9 Å². The second kappa shape index (κ2) is 8.31. The van der Waals surface area contributed by atoms with Crippen LogP contribution in [-0.4, -0.2) is 41.1 Å². The predicted octanol–water partition coefficient (Wildman–Crippen LogP) is 3.36. The zero-order valence-corrected chi connectivity index (χ0v) is 16.3. The Labute approximate surface area is 168 Å². The van der Waals surface area contributed by atoms with Gasteiger partial charge in [-0.3, -0.25) is 0 Å². The summed E-state index contributed by atoms with van der Waals surface area (Å²) in [5.74, 6) is -1.09. The Morgan fingerprint density at radius 3 is 2.18 bits per heavy atom. The lowest BCUT2D eigenvalue weighted by Gasteiger charge is -2.19. The van der Waals surface area contributed by atoms with E-state index < -0.39 is 29.4 Å². The van der Waals surface area contributed by atoms with Gasteiger partial charge in [-0.2, -0.15) is 0 Å². The maximum Gasteiger partial charge on any atom is 0.338 e. The summed E-state index contributed by atoms with van der Waals surface area (Å²) in [5.41, 5.74) is 2.37. The molecule has 6 nitrogen and oxygen atoms in total. The summed E-state index contributed by atoms with van der Waals surface area (Å²) < 4.78 is 16.1. The van der Waals surface area contributed by atoms with E-state index in [1.165, 1.54) is 0 Å². The molecule has 7 heteroatoms. The number of rotatable bonds is 5. The van der Waals surface area contributed by atoms with Crippen LogP contribution in [0.4, 0.5) is 0 Å². The van der Waals surface area contributed by atoms with Crippen LogP contribution < -0.4 is 0 Å². The molecule has 3 atom stereocenters. The van der Waals surface area contributed by atoms with Gasteiger partial charge in [-0.25, -0.2) is 9.59 Å². The summed E-state index contributed by atoms with van der Waals surface area (Å²) in [6, 6.07) is 14.0. The Morgan fingerprint density at radius 2 is 1.61 bits per heavy atom. The first-order valence-corrected chi connectivity index (χ1v) is 9.23. The van der Waals surface area contributed by atoms with E-state index in [1.807, 2.05) is 12.1 Å². The third-order valence-corrected chi connectivity index (χ3v) is 4.81. The smallest absolute Gasteiger partial charge is 0.338 e. The summed E-state index contributed by atoms with van der Waals surface area (Å²) in [7, 11) is 0. The van der Waals surface area contributed by atoms with Crippen molar-refractivity contribution in [2.24, 2.45) is 0 Å². The molecule has 0 radical (unpaired) electrons. The molecule has 0 amide bonds. The monoisotopic (exact) mass is 404 g/mol. The molecule has 1 fully saturated rings. The van der Waals surface area contributed by atoms with Gasteiger partial charge in [-0.05, 0) is 37.1 Å². The zero-order valence-electron chi connectivity index (χ0n) is 15.6. The van der Waals surface area contributed by atoms with Crippen LogP contribution in [0, 0.1) is 13.8 Å². The molecule has 1 aliphatic heterocycles. The number of benzene rings is 2. The number of aryl methyl sites for hydroxylation is 2. The summed E-state index contributed by atoms with van der Waals surface area (Å²) in [6.45, 7) is 3.38. The molecule has 0 aliphatic carbocycles. The molecule has 1 heterocycles. The molecule has 2 aromatic rings. The fraction of sp³-hybridized carbons (Fsp3) is 0.333. The molecule has 28 heavy (non-hydrogen) atoms. The fourth-order valence-electron chi connectivity index (χ4n) is 3.03. The average Bonchev–Trinajstić information content (AvgIpc) is 2.93. The molecule has 1 aliphatic rings. The van der Waals surface area contributed by atoms with Crippen LogP contribution in [0.15, 0.2) is 48.5 Å². The number of halogens is 1. The minimum Gasteiger partial charge on any atom is -0.459 e. The first-order chi connectivity index (χ1) is 13.3. The molecular formula is C21H21ClO6. The lowest BCUT2D eigenvalue weighted by Crippen LogP contribution is -2.32. The number of alkyl halides is 1. The van der Waals surface area contributed by atoms with Gasteiger partial charge in [-0.1, -0.05) is 48.0 Å². The van der Waals surface area contributed by atoms with Crippen molar-refractivity contribution in [3.05, 3.63) is 70.8 Å². The Morgan fingerprint density at radius 1 is 1.07 bits per heavy atom. The number of ether oxygens (including phenoxy) is 3. The number of hydrogen-bond acceptors (Lipinski definition) is 6. The van der Waals surface area contributed by atoms with Gasteiger partial charge >= 0.3 is 11.9 Å². The van der Waals surface area contributed by atoms with Gasteiger partial charge in [0.05, 0.1) is 17.5 Å². The maximum absolute atomic E-state index is 12.5. The van der Waals surface area contributed by atoms with Crippen LogP contribution in [0.3, 0.4) is 0 Å². The molecule has 0 aromatic heterocycles. The van der Waals surface area contributed by atoms with E-state index in [4.69, 9.17) is 25.8 Å². The molecule has 1 N–H and O–H groups in total. The quantitative estimate of drug-likeness (QED) is 0.607. The van der Waals surface area contributed by atoms with Crippen molar-refractivity contribution in [3.8, 4) is 0 Å². The maximum atomic E-state index is 12.5. The number of aliphatic hydroxyl groups is 1. The van der Waals surface area contributed by atoms with Crippen molar-refractivity contribution in [2.45, 2.75) is 37.7 Å². The highest BCUT2D eigenvalue weighted by Crippen LogP contribution is 2.34. The third-order valence-electron chi connectivity index (χ3n) is 4.57. The Bertz CT molecular complexity index is 879. The van der Waals surface area contributed by atoms with E-state index in [2.05, 4.69) is 0 Å². The number of carbonyl (C=O) groups excluding carboxylic acids is 2. The zero-order chi connectivity index (χ0) is 20.3. The normalized spacial score (nSPS) is 24.0. The molecule has 0 spiro atoms. The Balaban J connectivity index is 1.67. The molecule has 0 bridgehead atoms. The van der Waals surface area contributed by atoms with Crippen LogP contribution >= 0.6 is 11.6 Å². The number of carbonyl (C=O) groups is 2.